The Bertz CT molecular complexity index is 1280. The molecular formula is C26H35N7O3. The second kappa shape index (κ2) is 9.16. The number of fused-ring (bicyclic) bond motifs is 2. The third-order valence-corrected chi connectivity index (χ3v) is 7.04. The van der Waals surface area contributed by atoms with Crippen LogP contribution in [0.2, 0.25) is 0 Å². The molecule has 10 heteroatoms. The Labute approximate surface area is 211 Å². The Balaban J connectivity index is 1.50. The number of ether oxygens (including phenoxy) is 2. The van der Waals surface area contributed by atoms with Gasteiger partial charge in [-0.1, -0.05) is 6.07 Å². The highest BCUT2D eigenvalue weighted by Gasteiger charge is 2.37. The molecule has 2 aliphatic rings. The minimum Gasteiger partial charge on any atom is -0.495 e. The fraction of sp³-hybridized carbons (Fsp3) is 0.500. The van der Waals surface area contributed by atoms with Gasteiger partial charge in [-0.2, -0.15) is 5.10 Å². The molecule has 192 valence electrons. The molecule has 36 heavy (non-hydrogen) atoms. The molecule has 1 amide bonds. The second-order valence-corrected chi connectivity index (χ2v) is 10.8. The number of anilines is 3. The zero-order chi connectivity index (χ0) is 25.6. The maximum atomic E-state index is 12.3. The zero-order valence-corrected chi connectivity index (χ0v) is 21.6. The van der Waals surface area contributed by atoms with Crippen LogP contribution in [0.3, 0.4) is 0 Å². The molecule has 10 nitrogen and oxygen atoms in total. The summed E-state index contributed by atoms with van der Waals surface area (Å²) < 4.78 is 12.9. The second-order valence-electron chi connectivity index (χ2n) is 10.8. The molecule has 4 heterocycles. The molecule has 2 aliphatic heterocycles. The van der Waals surface area contributed by atoms with Crippen LogP contribution in [0.15, 0.2) is 30.6 Å². The fourth-order valence-corrected chi connectivity index (χ4v) is 5.41. The molecule has 0 spiro atoms. The van der Waals surface area contributed by atoms with E-state index in [9.17, 15) is 4.79 Å². The Morgan fingerprint density at radius 2 is 1.94 bits per heavy atom. The van der Waals surface area contributed by atoms with Crippen LogP contribution in [0.4, 0.5) is 22.1 Å². The van der Waals surface area contributed by atoms with Crippen molar-refractivity contribution in [2.45, 2.75) is 32.8 Å². The van der Waals surface area contributed by atoms with E-state index < -0.39 is 11.7 Å². The van der Waals surface area contributed by atoms with E-state index in [1.807, 2.05) is 43.5 Å². The number of hydrogen-bond donors (Lipinski definition) is 2. The first-order chi connectivity index (χ1) is 17.1. The summed E-state index contributed by atoms with van der Waals surface area (Å²) in [5.41, 5.74) is 8.86. The first-order valence-electron chi connectivity index (χ1n) is 12.4. The van der Waals surface area contributed by atoms with E-state index in [1.165, 1.54) is 12.7 Å². The fourth-order valence-electron chi connectivity index (χ4n) is 5.41. The van der Waals surface area contributed by atoms with Gasteiger partial charge >= 0.3 is 6.09 Å². The summed E-state index contributed by atoms with van der Waals surface area (Å²) in [4.78, 5) is 21.4. The zero-order valence-electron chi connectivity index (χ0n) is 21.6. The van der Waals surface area contributed by atoms with Gasteiger partial charge in [-0.3, -0.25) is 5.32 Å². The van der Waals surface area contributed by atoms with Crippen molar-refractivity contribution >= 4 is 28.9 Å². The van der Waals surface area contributed by atoms with Crippen LogP contribution < -0.4 is 20.7 Å². The molecule has 2 saturated heterocycles. The number of aromatic nitrogens is 3. The number of piperidine rings is 1. The minimum absolute atomic E-state index is 0.414. The molecule has 3 N–H and O–H groups in total. The van der Waals surface area contributed by atoms with Gasteiger partial charge in [-0.15, -0.1) is 0 Å². The third kappa shape index (κ3) is 4.65. The van der Waals surface area contributed by atoms with Gasteiger partial charge in [-0.25, -0.2) is 14.3 Å². The van der Waals surface area contributed by atoms with E-state index in [1.54, 1.807) is 7.11 Å². The number of nitrogens with two attached hydrogens (primary N) is 1. The summed E-state index contributed by atoms with van der Waals surface area (Å²) in [5, 5.41) is 7.34. The molecule has 0 saturated carbocycles. The summed E-state index contributed by atoms with van der Waals surface area (Å²) in [6.45, 7) is 9.74. The van der Waals surface area contributed by atoms with Crippen molar-refractivity contribution in [1.29, 1.82) is 0 Å². The van der Waals surface area contributed by atoms with Gasteiger partial charge in [0.25, 0.3) is 0 Å². The number of carbonyl (C=O) groups excluding carboxylic acids is 1. The summed E-state index contributed by atoms with van der Waals surface area (Å²) in [6.07, 6.45) is 2.18. The average Bonchev–Trinajstić information content (AvgIpc) is 3.40. The number of methoxy groups -OCH3 is 1. The van der Waals surface area contributed by atoms with Gasteiger partial charge in [-0.05, 0) is 76.4 Å². The monoisotopic (exact) mass is 493 g/mol. The molecule has 2 aromatic heterocycles. The highest BCUT2D eigenvalue weighted by Crippen LogP contribution is 2.40. The maximum Gasteiger partial charge on any atom is 0.412 e. The van der Waals surface area contributed by atoms with Gasteiger partial charge in [0.05, 0.1) is 12.8 Å². The lowest BCUT2D eigenvalue weighted by Gasteiger charge is -2.31. The summed E-state index contributed by atoms with van der Waals surface area (Å²) in [6, 6.07) is 7.76. The first-order valence-corrected chi connectivity index (χ1v) is 12.4. The molecule has 2 fully saturated rings. The number of hydrogen-bond acceptors (Lipinski definition) is 8. The van der Waals surface area contributed by atoms with Crippen molar-refractivity contribution in [3.63, 3.8) is 0 Å². The quantitative estimate of drug-likeness (QED) is 0.566. The molecule has 0 aliphatic carbocycles. The van der Waals surface area contributed by atoms with Crippen molar-refractivity contribution < 1.29 is 14.3 Å². The maximum absolute atomic E-state index is 12.3. The average molecular weight is 494 g/mol. The number of likely N-dealkylation sites (tertiary alicyclic amines) is 1. The molecule has 2 atom stereocenters. The van der Waals surface area contributed by atoms with Crippen LogP contribution in [-0.4, -0.2) is 71.5 Å². The number of nitrogens with one attached hydrogen (secondary N) is 1. The van der Waals surface area contributed by atoms with E-state index in [-0.39, 0.29) is 0 Å². The van der Waals surface area contributed by atoms with Gasteiger partial charge in [0.15, 0.2) is 5.82 Å². The van der Waals surface area contributed by atoms with Crippen molar-refractivity contribution in [2.24, 2.45) is 11.8 Å². The number of rotatable bonds is 4. The number of nitrogen functional groups attached to an aromatic ring is 1. The molecule has 1 aromatic carbocycles. The minimum atomic E-state index is -0.598. The standard InChI is InChI=1S/C26H35N7O3/c1-26(2,3)36-25(34)30-20-7-6-16(10-21(20)35-5)19-11-22(33-23(19)24(27)28-15-29-33)32-13-17-8-9-31(4)12-18(17)14-32/h6-7,10-11,15,17-18H,8-9,12-14H2,1-5H3,(H,30,34)(H2,27,28,29)/t17-,18+/m1/s1. The predicted molar refractivity (Wildman–Crippen MR) is 141 cm³/mol. The highest BCUT2D eigenvalue weighted by atomic mass is 16.6. The lowest BCUT2D eigenvalue weighted by Crippen LogP contribution is -2.37. The number of nitrogens with zero attached hydrogens (tertiary/aromatic N) is 5. The van der Waals surface area contributed by atoms with Crippen molar-refractivity contribution in [3.8, 4) is 16.9 Å². The van der Waals surface area contributed by atoms with Crippen LogP contribution >= 0.6 is 0 Å². The first kappa shape index (κ1) is 24.2. The summed E-state index contributed by atoms with van der Waals surface area (Å²) in [7, 11) is 3.77. The van der Waals surface area contributed by atoms with Crippen LogP contribution in [0, 0.1) is 11.8 Å². The SMILES string of the molecule is COc1cc(-c2cc(N3C[C@H]4CCN(C)C[C@H]4C3)n3ncnc(N)c23)ccc1NC(=O)OC(C)(C)C. The highest BCUT2D eigenvalue weighted by molar-refractivity contribution is 5.93. The molecule has 0 radical (unpaired) electrons. The Kier molecular flexibility index (Phi) is 6.15. The van der Waals surface area contributed by atoms with Gasteiger partial charge in [0.2, 0.25) is 0 Å². The topological polar surface area (TPSA) is 110 Å². The van der Waals surface area contributed by atoms with Crippen LogP contribution in [0.1, 0.15) is 27.2 Å². The normalized spacial score (nSPS) is 20.4. The molecule has 0 unspecified atom stereocenters. The summed E-state index contributed by atoms with van der Waals surface area (Å²) >= 11 is 0. The molecule has 0 bridgehead atoms. The Morgan fingerprint density at radius 3 is 2.69 bits per heavy atom. The van der Waals surface area contributed by atoms with Crippen LogP contribution in [0.25, 0.3) is 16.6 Å². The third-order valence-electron chi connectivity index (χ3n) is 7.04. The van der Waals surface area contributed by atoms with E-state index in [2.05, 4.69) is 38.3 Å². The molecular weight excluding hydrogens is 458 g/mol. The molecule has 3 aromatic rings. The van der Waals surface area contributed by atoms with Crippen molar-refractivity contribution in [1.82, 2.24) is 19.5 Å². The van der Waals surface area contributed by atoms with Crippen molar-refractivity contribution in [2.75, 3.05) is 56.3 Å². The van der Waals surface area contributed by atoms with E-state index in [4.69, 9.17) is 15.2 Å². The Morgan fingerprint density at radius 1 is 1.17 bits per heavy atom. The van der Waals surface area contributed by atoms with Gasteiger partial charge in [0.1, 0.15) is 29.0 Å². The summed E-state index contributed by atoms with van der Waals surface area (Å²) in [5.74, 6) is 3.28. The van der Waals surface area contributed by atoms with Crippen LogP contribution in [0.5, 0.6) is 5.75 Å². The van der Waals surface area contributed by atoms with E-state index in [0.29, 0.717) is 29.1 Å². The largest absolute Gasteiger partial charge is 0.495 e. The number of amides is 1. The number of benzene rings is 1. The lowest BCUT2D eigenvalue weighted by atomic mass is 9.89. The van der Waals surface area contributed by atoms with E-state index >= 15 is 0 Å². The van der Waals surface area contributed by atoms with E-state index in [0.717, 1.165) is 48.6 Å². The lowest BCUT2D eigenvalue weighted by molar-refractivity contribution is 0.0635. The van der Waals surface area contributed by atoms with Gasteiger partial charge < -0.3 is 25.0 Å². The molecule has 5 rings (SSSR count). The van der Waals surface area contributed by atoms with Crippen molar-refractivity contribution in [3.05, 3.63) is 30.6 Å². The predicted octanol–water partition coefficient (Wildman–Crippen LogP) is 3.72. The Hall–Kier alpha value is -3.53. The van der Waals surface area contributed by atoms with Gasteiger partial charge in [0, 0.05) is 25.2 Å². The number of carbonyl (C=O) groups is 1. The smallest absolute Gasteiger partial charge is 0.412 e. The van der Waals surface area contributed by atoms with Crippen LogP contribution in [-0.2, 0) is 4.74 Å².